The van der Waals surface area contributed by atoms with Crippen LogP contribution in [0.5, 0.6) is 5.75 Å². The minimum Gasteiger partial charge on any atom is -0.445 e. The lowest BCUT2D eigenvalue weighted by Gasteiger charge is -2.14. The third-order valence-corrected chi connectivity index (χ3v) is 2.48. The minimum absolute atomic E-state index is 0.0819. The molecule has 0 aliphatic heterocycles. The van der Waals surface area contributed by atoms with Crippen LogP contribution in [0.25, 0.3) is 0 Å². The highest BCUT2D eigenvalue weighted by Gasteiger charge is 2.14. The van der Waals surface area contributed by atoms with Gasteiger partial charge in [-0.05, 0) is 49.6 Å². The highest BCUT2D eigenvalue weighted by Crippen LogP contribution is 2.25. The number of hydrogen-bond acceptors (Lipinski definition) is 5. The molecule has 0 saturated heterocycles. The van der Waals surface area contributed by atoms with Crippen LogP contribution in [0.4, 0.5) is 4.79 Å². The molecular weight excluding hydrogens is 248 g/mol. The number of carbonyl (C=O) groups is 2. The molecule has 0 fully saturated rings. The number of benzene rings is 1. The SMILES string of the molecule is Cc1cc(COC(N)=O)cc(C)c1OC(=O)C(C)N. The van der Waals surface area contributed by atoms with Gasteiger partial charge in [0, 0.05) is 0 Å². The Balaban J connectivity index is 2.91. The largest absolute Gasteiger partial charge is 0.445 e. The van der Waals surface area contributed by atoms with Crippen LogP contribution in [0.2, 0.25) is 0 Å². The lowest BCUT2D eigenvalue weighted by molar-refractivity contribution is -0.135. The first kappa shape index (κ1) is 15.0. The zero-order chi connectivity index (χ0) is 14.6. The Morgan fingerprint density at radius 2 is 1.79 bits per heavy atom. The van der Waals surface area contributed by atoms with Gasteiger partial charge in [0.25, 0.3) is 0 Å². The molecule has 19 heavy (non-hydrogen) atoms. The molecule has 6 heteroatoms. The normalized spacial score (nSPS) is 11.8. The van der Waals surface area contributed by atoms with Crippen molar-refractivity contribution in [3.8, 4) is 5.75 Å². The zero-order valence-electron chi connectivity index (χ0n) is 11.2. The van der Waals surface area contributed by atoms with Gasteiger partial charge in [-0.2, -0.15) is 0 Å². The van der Waals surface area contributed by atoms with Crippen molar-refractivity contribution in [3.05, 3.63) is 28.8 Å². The number of carbonyl (C=O) groups excluding carboxylic acids is 2. The molecule has 0 radical (unpaired) electrons. The molecule has 1 aromatic carbocycles. The molecular formula is C13H18N2O4. The molecule has 0 aliphatic rings. The van der Waals surface area contributed by atoms with Crippen molar-refractivity contribution >= 4 is 12.1 Å². The molecule has 4 N–H and O–H groups in total. The Kier molecular flexibility index (Phi) is 4.88. The van der Waals surface area contributed by atoms with E-state index in [2.05, 4.69) is 0 Å². The summed E-state index contributed by atoms with van der Waals surface area (Å²) in [5.74, 6) is -0.0162. The molecule has 0 aromatic heterocycles. The summed E-state index contributed by atoms with van der Waals surface area (Å²) in [7, 11) is 0. The second kappa shape index (κ2) is 6.19. The van der Waals surface area contributed by atoms with Crippen molar-refractivity contribution < 1.29 is 19.1 Å². The first-order chi connectivity index (χ1) is 8.81. The van der Waals surface area contributed by atoms with E-state index in [1.165, 1.54) is 0 Å². The van der Waals surface area contributed by atoms with Crippen molar-refractivity contribution in [2.24, 2.45) is 11.5 Å². The van der Waals surface area contributed by atoms with Gasteiger partial charge in [-0.1, -0.05) is 0 Å². The van der Waals surface area contributed by atoms with Gasteiger partial charge in [0.05, 0.1) is 0 Å². The molecule has 1 atom stereocenters. The van der Waals surface area contributed by atoms with Crippen LogP contribution in [0, 0.1) is 13.8 Å². The van der Waals surface area contributed by atoms with E-state index in [1.807, 2.05) is 0 Å². The van der Waals surface area contributed by atoms with E-state index in [1.54, 1.807) is 32.9 Å². The first-order valence-corrected chi connectivity index (χ1v) is 5.81. The maximum atomic E-state index is 11.5. The second-order valence-corrected chi connectivity index (χ2v) is 4.38. The van der Waals surface area contributed by atoms with Crippen LogP contribution in [0.1, 0.15) is 23.6 Å². The van der Waals surface area contributed by atoms with Gasteiger partial charge >= 0.3 is 12.1 Å². The molecule has 1 amide bonds. The molecule has 1 aromatic rings. The molecule has 6 nitrogen and oxygen atoms in total. The predicted molar refractivity (Wildman–Crippen MR) is 69.6 cm³/mol. The van der Waals surface area contributed by atoms with Crippen molar-refractivity contribution in [1.29, 1.82) is 0 Å². The smallest absolute Gasteiger partial charge is 0.404 e. The molecule has 1 rings (SSSR count). The molecule has 0 aliphatic carbocycles. The third kappa shape index (κ3) is 4.26. The molecule has 0 bridgehead atoms. The molecule has 0 saturated carbocycles. The summed E-state index contributed by atoms with van der Waals surface area (Å²) < 4.78 is 9.93. The number of ether oxygens (including phenoxy) is 2. The monoisotopic (exact) mass is 266 g/mol. The van der Waals surface area contributed by atoms with E-state index < -0.39 is 18.1 Å². The van der Waals surface area contributed by atoms with Crippen LogP contribution in [0.3, 0.4) is 0 Å². The minimum atomic E-state index is -0.831. The van der Waals surface area contributed by atoms with Crippen LogP contribution < -0.4 is 16.2 Å². The van der Waals surface area contributed by atoms with Crippen LogP contribution in [-0.4, -0.2) is 18.1 Å². The van der Waals surface area contributed by atoms with Crippen molar-refractivity contribution in [2.75, 3.05) is 0 Å². The van der Waals surface area contributed by atoms with Gasteiger partial charge in [-0.3, -0.25) is 0 Å². The number of hydrogen-bond donors (Lipinski definition) is 2. The number of rotatable bonds is 4. The van der Waals surface area contributed by atoms with Crippen LogP contribution in [0.15, 0.2) is 12.1 Å². The van der Waals surface area contributed by atoms with E-state index in [-0.39, 0.29) is 6.61 Å². The average Bonchev–Trinajstić information content (AvgIpc) is 2.30. The molecule has 104 valence electrons. The molecule has 0 heterocycles. The Hall–Kier alpha value is -2.08. The lowest BCUT2D eigenvalue weighted by Crippen LogP contribution is -2.31. The summed E-state index contributed by atoms with van der Waals surface area (Å²) in [6.45, 7) is 5.23. The molecule has 1 unspecified atom stereocenters. The van der Waals surface area contributed by atoms with Gasteiger partial charge in [-0.15, -0.1) is 0 Å². The first-order valence-electron chi connectivity index (χ1n) is 5.81. The van der Waals surface area contributed by atoms with Crippen molar-refractivity contribution in [2.45, 2.75) is 33.4 Å². The van der Waals surface area contributed by atoms with Crippen molar-refractivity contribution in [1.82, 2.24) is 0 Å². The Bertz CT molecular complexity index is 474. The zero-order valence-corrected chi connectivity index (χ0v) is 11.2. The van der Waals surface area contributed by atoms with E-state index in [0.717, 1.165) is 16.7 Å². The summed E-state index contributed by atoms with van der Waals surface area (Å²) in [5.41, 5.74) is 12.6. The number of nitrogens with two attached hydrogens (primary N) is 2. The fourth-order valence-electron chi connectivity index (χ4n) is 1.63. The summed E-state index contributed by atoms with van der Waals surface area (Å²) in [6.07, 6.45) is -0.831. The number of esters is 1. The average molecular weight is 266 g/mol. The summed E-state index contributed by atoms with van der Waals surface area (Å²) in [5, 5.41) is 0. The summed E-state index contributed by atoms with van der Waals surface area (Å²) in [4.78, 5) is 22.0. The number of amides is 1. The summed E-state index contributed by atoms with van der Waals surface area (Å²) >= 11 is 0. The Morgan fingerprint density at radius 3 is 2.21 bits per heavy atom. The number of aryl methyl sites for hydroxylation is 2. The van der Waals surface area contributed by atoms with Gasteiger partial charge in [-0.25, -0.2) is 9.59 Å². The van der Waals surface area contributed by atoms with Gasteiger partial charge in [0.15, 0.2) is 0 Å². The van der Waals surface area contributed by atoms with E-state index in [9.17, 15) is 9.59 Å². The topological polar surface area (TPSA) is 105 Å². The van der Waals surface area contributed by atoms with E-state index in [0.29, 0.717) is 5.75 Å². The quantitative estimate of drug-likeness (QED) is 0.628. The highest BCUT2D eigenvalue weighted by atomic mass is 16.5. The van der Waals surface area contributed by atoms with Gasteiger partial charge in [0.1, 0.15) is 18.4 Å². The lowest BCUT2D eigenvalue weighted by atomic mass is 10.1. The van der Waals surface area contributed by atoms with Crippen molar-refractivity contribution in [3.63, 3.8) is 0 Å². The Morgan fingerprint density at radius 1 is 1.26 bits per heavy atom. The summed E-state index contributed by atoms with van der Waals surface area (Å²) in [6, 6.07) is 2.84. The standard InChI is InChI=1S/C13H18N2O4/c1-7-4-10(6-18-13(15)17)5-8(2)11(7)19-12(16)9(3)14/h4-5,9H,6,14H2,1-3H3,(H2,15,17). The molecule has 0 spiro atoms. The van der Waals surface area contributed by atoms with E-state index >= 15 is 0 Å². The van der Waals surface area contributed by atoms with Crippen LogP contribution >= 0.6 is 0 Å². The maximum absolute atomic E-state index is 11.5. The number of primary amides is 1. The van der Waals surface area contributed by atoms with E-state index in [4.69, 9.17) is 20.9 Å². The Labute approximate surface area is 111 Å². The predicted octanol–water partition coefficient (Wildman–Crippen LogP) is 1.15. The maximum Gasteiger partial charge on any atom is 0.404 e. The fraction of sp³-hybridized carbons (Fsp3) is 0.385. The fourth-order valence-corrected chi connectivity index (χ4v) is 1.63. The third-order valence-electron chi connectivity index (χ3n) is 2.48. The second-order valence-electron chi connectivity index (χ2n) is 4.38. The van der Waals surface area contributed by atoms with Gasteiger partial charge in [0.2, 0.25) is 0 Å². The van der Waals surface area contributed by atoms with Crippen LogP contribution in [-0.2, 0) is 16.1 Å². The van der Waals surface area contributed by atoms with Gasteiger partial charge < -0.3 is 20.9 Å². The highest BCUT2D eigenvalue weighted by molar-refractivity contribution is 5.78.